The Balaban J connectivity index is 2.37. The van der Waals surface area contributed by atoms with Crippen LogP contribution in [0, 0.1) is 16.7 Å². The Kier molecular flexibility index (Phi) is 5.85. The van der Waals surface area contributed by atoms with Crippen LogP contribution in [0.5, 0.6) is 5.75 Å². The Morgan fingerprint density at radius 3 is 2.63 bits per heavy atom. The minimum Gasteiger partial charge on any atom is -0.493 e. The van der Waals surface area contributed by atoms with Gasteiger partial charge in [0.15, 0.2) is 0 Å². The van der Waals surface area contributed by atoms with Gasteiger partial charge in [0.2, 0.25) is 0 Å². The predicted octanol–water partition coefficient (Wildman–Crippen LogP) is 3.81. The summed E-state index contributed by atoms with van der Waals surface area (Å²) in [6.07, 6.45) is 2.86. The normalized spacial score (nSPS) is 12.8. The number of hydrogen-bond donors (Lipinski definition) is 1. The molecule has 104 valence electrons. The molecular formula is C16H24N2O. The molecule has 0 aliphatic rings. The molecule has 1 aromatic rings. The highest BCUT2D eigenvalue weighted by molar-refractivity contribution is 5.35. The van der Waals surface area contributed by atoms with Crippen molar-refractivity contribution in [3.8, 4) is 11.8 Å². The molecule has 0 saturated carbocycles. The highest BCUT2D eigenvalue weighted by Crippen LogP contribution is 2.24. The standard InChI is InChI=1S/C16H24N2O/c1-13(18)14-8-4-5-9-15(14)19-11-7-6-10-16(2,3)12-17/h4-5,8-9,13H,6-7,10-11,18H2,1-3H3/t13-/m0/s1. The summed E-state index contributed by atoms with van der Waals surface area (Å²) in [4.78, 5) is 0. The van der Waals surface area contributed by atoms with E-state index < -0.39 is 0 Å². The largest absolute Gasteiger partial charge is 0.493 e. The van der Waals surface area contributed by atoms with Gasteiger partial charge in [0.1, 0.15) is 5.75 Å². The van der Waals surface area contributed by atoms with Gasteiger partial charge in [-0.15, -0.1) is 0 Å². The molecule has 19 heavy (non-hydrogen) atoms. The molecule has 0 unspecified atom stereocenters. The highest BCUT2D eigenvalue weighted by atomic mass is 16.5. The summed E-state index contributed by atoms with van der Waals surface area (Å²) >= 11 is 0. The fraction of sp³-hybridized carbons (Fsp3) is 0.562. The van der Waals surface area contributed by atoms with Gasteiger partial charge >= 0.3 is 0 Å². The topological polar surface area (TPSA) is 59.0 Å². The monoisotopic (exact) mass is 260 g/mol. The Bertz CT molecular complexity index is 433. The van der Waals surface area contributed by atoms with Crippen molar-refractivity contribution in [1.29, 1.82) is 5.26 Å². The average Bonchev–Trinajstić information content (AvgIpc) is 2.38. The third-order valence-electron chi connectivity index (χ3n) is 3.17. The van der Waals surface area contributed by atoms with Crippen LogP contribution < -0.4 is 10.5 Å². The molecule has 0 aliphatic carbocycles. The van der Waals surface area contributed by atoms with Crippen LogP contribution in [-0.4, -0.2) is 6.61 Å². The maximum atomic E-state index is 8.93. The summed E-state index contributed by atoms with van der Waals surface area (Å²) in [6.45, 7) is 6.57. The van der Waals surface area contributed by atoms with Gasteiger partial charge in [-0.25, -0.2) is 0 Å². The quantitative estimate of drug-likeness (QED) is 0.758. The van der Waals surface area contributed by atoms with E-state index in [2.05, 4.69) is 6.07 Å². The van der Waals surface area contributed by atoms with Crippen LogP contribution in [0.2, 0.25) is 0 Å². The maximum absolute atomic E-state index is 8.93. The summed E-state index contributed by atoms with van der Waals surface area (Å²) in [7, 11) is 0. The van der Waals surface area contributed by atoms with Crippen molar-refractivity contribution >= 4 is 0 Å². The maximum Gasteiger partial charge on any atom is 0.124 e. The van der Waals surface area contributed by atoms with E-state index in [0.29, 0.717) is 6.61 Å². The molecular weight excluding hydrogens is 236 g/mol. The molecule has 0 radical (unpaired) electrons. The van der Waals surface area contributed by atoms with E-state index in [1.54, 1.807) is 0 Å². The third kappa shape index (κ3) is 5.32. The van der Waals surface area contributed by atoms with Crippen molar-refractivity contribution in [1.82, 2.24) is 0 Å². The molecule has 3 heteroatoms. The predicted molar refractivity (Wildman–Crippen MR) is 77.8 cm³/mol. The Hall–Kier alpha value is -1.53. The summed E-state index contributed by atoms with van der Waals surface area (Å²) in [5.74, 6) is 0.872. The van der Waals surface area contributed by atoms with Crippen LogP contribution in [0.15, 0.2) is 24.3 Å². The summed E-state index contributed by atoms with van der Waals surface area (Å²) in [5.41, 5.74) is 6.71. The molecule has 1 rings (SSSR count). The van der Waals surface area contributed by atoms with E-state index in [1.165, 1.54) is 0 Å². The number of ether oxygens (including phenoxy) is 1. The number of para-hydroxylation sites is 1. The number of unbranched alkanes of at least 4 members (excludes halogenated alkanes) is 1. The van der Waals surface area contributed by atoms with Crippen molar-refractivity contribution in [2.24, 2.45) is 11.1 Å². The molecule has 3 nitrogen and oxygen atoms in total. The number of nitrogens with two attached hydrogens (primary N) is 1. The molecule has 0 aliphatic heterocycles. The van der Waals surface area contributed by atoms with E-state index in [9.17, 15) is 0 Å². The number of nitriles is 1. The second-order valence-corrected chi connectivity index (χ2v) is 5.63. The summed E-state index contributed by atoms with van der Waals surface area (Å²) < 4.78 is 5.78. The number of rotatable bonds is 7. The molecule has 0 bridgehead atoms. The first-order valence-corrected chi connectivity index (χ1v) is 6.85. The average molecular weight is 260 g/mol. The Labute approximate surface area is 116 Å². The minimum atomic E-state index is -0.232. The van der Waals surface area contributed by atoms with Gasteiger partial charge in [-0.3, -0.25) is 0 Å². The SMILES string of the molecule is C[C@H](N)c1ccccc1OCCCCC(C)(C)C#N. The van der Waals surface area contributed by atoms with Gasteiger partial charge in [0.05, 0.1) is 18.1 Å². The molecule has 0 spiro atoms. The van der Waals surface area contributed by atoms with Crippen molar-refractivity contribution in [3.05, 3.63) is 29.8 Å². The van der Waals surface area contributed by atoms with Gasteiger partial charge in [-0.2, -0.15) is 5.26 Å². The van der Waals surface area contributed by atoms with Gasteiger partial charge in [0.25, 0.3) is 0 Å². The van der Waals surface area contributed by atoms with Crippen LogP contribution in [-0.2, 0) is 0 Å². The zero-order valence-corrected chi connectivity index (χ0v) is 12.1. The zero-order valence-electron chi connectivity index (χ0n) is 12.1. The lowest BCUT2D eigenvalue weighted by Gasteiger charge is -2.16. The lowest BCUT2D eigenvalue weighted by atomic mass is 9.89. The van der Waals surface area contributed by atoms with Crippen molar-refractivity contribution in [2.45, 2.75) is 46.1 Å². The molecule has 0 saturated heterocycles. The lowest BCUT2D eigenvalue weighted by Crippen LogP contribution is -2.10. The van der Waals surface area contributed by atoms with Crippen LogP contribution in [0.1, 0.15) is 51.6 Å². The lowest BCUT2D eigenvalue weighted by molar-refractivity contribution is 0.291. The fourth-order valence-corrected chi connectivity index (χ4v) is 1.90. The molecule has 0 fully saturated rings. The van der Waals surface area contributed by atoms with Gasteiger partial charge in [-0.1, -0.05) is 18.2 Å². The van der Waals surface area contributed by atoms with E-state index in [-0.39, 0.29) is 11.5 Å². The molecule has 1 atom stereocenters. The smallest absolute Gasteiger partial charge is 0.124 e. The number of hydrogen-bond acceptors (Lipinski definition) is 3. The Morgan fingerprint density at radius 1 is 1.32 bits per heavy atom. The van der Waals surface area contributed by atoms with E-state index in [4.69, 9.17) is 15.7 Å². The first-order chi connectivity index (χ1) is 8.96. The molecule has 0 aromatic heterocycles. The van der Waals surface area contributed by atoms with E-state index in [0.717, 1.165) is 30.6 Å². The molecule has 0 heterocycles. The summed E-state index contributed by atoms with van der Waals surface area (Å²) in [5, 5.41) is 8.93. The highest BCUT2D eigenvalue weighted by Gasteiger charge is 2.15. The summed E-state index contributed by atoms with van der Waals surface area (Å²) in [6, 6.07) is 10.2. The molecule has 2 N–H and O–H groups in total. The van der Waals surface area contributed by atoms with E-state index >= 15 is 0 Å². The zero-order chi connectivity index (χ0) is 14.3. The Morgan fingerprint density at radius 2 is 2.00 bits per heavy atom. The molecule has 0 amide bonds. The van der Waals surface area contributed by atoms with Gasteiger partial charge < -0.3 is 10.5 Å². The number of benzene rings is 1. The fourth-order valence-electron chi connectivity index (χ4n) is 1.90. The van der Waals surface area contributed by atoms with Crippen LogP contribution >= 0.6 is 0 Å². The minimum absolute atomic E-state index is 0.0197. The number of nitrogens with zero attached hydrogens (tertiary/aromatic N) is 1. The second kappa shape index (κ2) is 7.16. The van der Waals surface area contributed by atoms with E-state index in [1.807, 2.05) is 45.0 Å². The van der Waals surface area contributed by atoms with Crippen LogP contribution in [0.3, 0.4) is 0 Å². The first-order valence-electron chi connectivity index (χ1n) is 6.85. The third-order valence-corrected chi connectivity index (χ3v) is 3.17. The van der Waals surface area contributed by atoms with Gasteiger partial charge in [-0.05, 0) is 46.1 Å². The second-order valence-electron chi connectivity index (χ2n) is 5.63. The van der Waals surface area contributed by atoms with Crippen molar-refractivity contribution in [3.63, 3.8) is 0 Å². The molecule has 1 aromatic carbocycles. The van der Waals surface area contributed by atoms with Crippen molar-refractivity contribution < 1.29 is 4.74 Å². The first kappa shape index (κ1) is 15.5. The van der Waals surface area contributed by atoms with Gasteiger partial charge in [0, 0.05) is 11.6 Å². The van der Waals surface area contributed by atoms with Crippen LogP contribution in [0.4, 0.5) is 0 Å². The van der Waals surface area contributed by atoms with Crippen LogP contribution in [0.25, 0.3) is 0 Å². The van der Waals surface area contributed by atoms with Crippen molar-refractivity contribution in [2.75, 3.05) is 6.61 Å².